The molecular formula is C11H16O6. The molecule has 0 aliphatic carbocycles. The zero-order chi connectivity index (χ0) is 13.6. The first kappa shape index (κ1) is 15.3. The Morgan fingerprint density at radius 3 is 2.00 bits per heavy atom. The van der Waals surface area contributed by atoms with Crippen LogP contribution in [0.4, 0.5) is 0 Å². The molecule has 17 heavy (non-hydrogen) atoms. The lowest BCUT2D eigenvalue weighted by Gasteiger charge is -2.17. The fourth-order valence-electron chi connectivity index (χ4n) is 0.544. The lowest BCUT2D eigenvalue weighted by atomic mass is 10.3. The van der Waals surface area contributed by atoms with Gasteiger partial charge in [-0.15, -0.1) is 0 Å². The monoisotopic (exact) mass is 244 g/mol. The predicted molar refractivity (Wildman–Crippen MR) is 58.4 cm³/mol. The summed E-state index contributed by atoms with van der Waals surface area (Å²) < 4.78 is 4.54. The third-order valence-corrected chi connectivity index (χ3v) is 1.60. The minimum absolute atomic E-state index is 0.134. The molecule has 0 saturated carbocycles. The van der Waals surface area contributed by atoms with Crippen LogP contribution >= 0.6 is 0 Å². The van der Waals surface area contributed by atoms with Crippen LogP contribution in [0, 0.1) is 0 Å². The molecular weight excluding hydrogens is 228 g/mol. The lowest BCUT2D eigenvalue weighted by molar-refractivity contribution is -0.323. The van der Waals surface area contributed by atoms with E-state index in [2.05, 4.69) is 27.7 Å². The van der Waals surface area contributed by atoms with Gasteiger partial charge in [0.2, 0.25) is 6.29 Å². The van der Waals surface area contributed by atoms with Crippen LogP contribution in [0.3, 0.4) is 0 Å². The summed E-state index contributed by atoms with van der Waals surface area (Å²) in [6.07, 6.45) is -2.58. The molecule has 2 atom stereocenters. The molecule has 1 N–H and O–H groups in total. The standard InChI is InChI=1S/C11H16O6/c1-6(2)9(12)15-11(14)8(5)16-17-10(13)7(3)4/h8,11,14H,1,3H2,2,4-5H3. The minimum Gasteiger partial charge on any atom is -0.430 e. The highest BCUT2D eigenvalue weighted by molar-refractivity contribution is 5.87. The number of aliphatic hydroxyl groups excluding tert-OH is 1. The predicted octanol–water partition coefficient (Wildman–Crippen LogP) is 0.863. The Morgan fingerprint density at radius 1 is 1.12 bits per heavy atom. The van der Waals surface area contributed by atoms with Crippen LogP contribution in [-0.4, -0.2) is 29.4 Å². The van der Waals surface area contributed by atoms with E-state index in [1.807, 2.05) is 0 Å². The molecule has 96 valence electrons. The summed E-state index contributed by atoms with van der Waals surface area (Å²) in [5.74, 6) is -1.53. The maximum atomic E-state index is 11.0. The minimum atomic E-state index is -1.56. The summed E-state index contributed by atoms with van der Waals surface area (Å²) in [6, 6.07) is 0. The average Bonchev–Trinajstić information content (AvgIpc) is 2.24. The number of ether oxygens (including phenoxy) is 1. The molecule has 0 aromatic rings. The van der Waals surface area contributed by atoms with Gasteiger partial charge < -0.3 is 9.84 Å². The fourth-order valence-corrected chi connectivity index (χ4v) is 0.544. The third-order valence-electron chi connectivity index (χ3n) is 1.60. The summed E-state index contributed by atoms with van der Waals surface area (Å²) >= 11 is 0. The smallest absolute Gasteiger partial charge is 0.368 e. The van der Waals surface area contributed by atoms with E-state index < -0.39 is 24.3 Å². The molecule has 0 fully saturated rings. The Labute approximate surface area is 99.4 Å². The highest BCUT2D eigenvalue weighted by atomic mass is 17.2. The second-order valence-corrected chi connectivity index (χ2v) is 3.53. The fraction of sp³-hybridized carbons (Fsp3) is 0.455. The van der Waals surface area contributed by atoms with Crippen LogP contribution in [-0.2, 0) is 24.1 Å². The molecule has 6 nitrogen and oxygen atoms in total. The summed E-state index contributed by atoms with van der Waals surface area (Å²) in [4.78, 5) is 30.9. The normalized spacial score (nSPS) is 13.4. The van der Waals surface area contributed by atoms with Crippen LogP contribution in [0.2, 0.25) is 0 Å². The summed E-state index contributed by atoms with van der Waals surface area (Å²) in [6.45, 7) is 10.9. The summed E-state index contributed by atoms with van der Waals surface area (Å²) in [7, 11) is 0. The highest BCUT2D eigenvalue weighted by Gasteiger charge is 2.22. The molecule has 0 aliphatic heterocycles. The molecule has 0 aromatic heterocycles. The van der Waals surface area contributed by atoms with E-state index in [0.717, 1.165) is 0 Å². The van der Waals surface area contributed by atoms with E-state index in [0.29, 0.717) is 0 Å². The quantitative estimate of drug-likeness (QED) is 0.245. The number of carbonyl (C=O) groups is 2. The topological polar surface area (TPSA) is 82.1 Å². The Kier molecular flexibility index (Phi) is 6.16. The van der Waals surface area contributed by atoms with E-state index in [1.165, 1.54) is 20.8 Å². The molecule has 0 rings (SSSR count). The van der Waals surface area contributed by atoms with Crippen LogP contribution in [0.15, 0.2) is 24.3 Å². The van der Waals surface area contributed by atoms with Crippen molar-refractivity contribution >= 4 is 11.9 Å². The van der Waals surface area contributed by atoms with Crippen molar-refractivity contribution in [2.24, 2.45) is 0 Å². The highest BCUT2D eigenvalue weighted by Crippen LogP contribution is 2.05. The van der Waals surface area contributed by atoms with Crippen molar-refractivity contribution < 1.29 is 29.2 Å². The molecule has 6 heteroatoms. The summed E-state index contributed by atoms with van der Waals surface area (Å²) in [5.41, 5.74) is 0.279. The third kappa shape index (κ3) is 5.84. The first-order chi connectivity index (χ1) is 7.75. The zero-order valence-corrected chi connectivity index (χ0v) is 10.1. The van der Waals surface area contributed by atoms with Crippen molar-refractivity contribution in [3.05, 3.63) is 24.3 Å². The maximum Gasteiger partial charge on any atom is 0.368 e. The molecule has 0 amide bonds. The van der Waals surface area contributed by atoms with Crippen molar-refractivity contribution in [1.29, 1.82) is 0 Å². The van der Waals surface area contributed by atoms with Gasteiger partial charge in [0, 0.05) is 11.1 Å². The van der Waals surface area contributed by atoms with Crippen molar-refractivity contribution in [1.82, 2.24) is 0 Å². The van der Waals surface area contributed by atoms with Crippen molar-refractivity contribution in [2.75, 3.05) is 0 Å². The lowest BCUT2D eigenvalue weighted by Crippen LogP contribution is -2.32. The second kappa shape index (κ2) is 6.82. The number of hydrogen-bond donors (Lipinski definition) is 1. The number of hydrogen-bond acceptors (Lipinski definition) is 6. The molecule has 0 spiro atoms. The van der Waals surface area contributed by atoms with Gasteiger partial charge in [0.1, 0.15) is 0 Å². The number of rotatable bonds is 6. The number of carbonyl (C=O) groups excluding carboxylic acids is 2. The van der Waals surface area contributed by atoms with Gasteiger partial charge in [-0.2, -0.15) is 4.89 Å². The first-order valence-corrected chi connectivity index (χ1v) is 4.83. The van der Waals surface area contributed by atoms with Gasteiger partial charge in [0.15, 0.2) is 6.10 Å². The Balaban J connectivity index is 4.10. The van der Waals surface area contributed by atoms with Gasteiger partial charge in [0.25, 0.3) is 0 Å². The van der Waals surface area contributed by atoms with Gasteiger partial charge in [-0.05, 0) is 20.8 Å². The molecule has 0 heterocycles. The molecule has 0 radical (unpaired) electrons. The van der Waals surface area contributed by atoms with Gasteiger partial charge in [-0.25, -0.2) is 9.59 Å². The number of esters is 1. The van der Waals surface area contributed by atoms with Crippen LogP contribution < -0.4 is 0 Å². The van der Waals surface area contributed by atoms with E-state index >= 15 is 0 Å². The van der Waals surface area contributed by atoms with E-state index in [9.17, 15) is 14.7 Å². The second-order valence-electron chi connectivity index (χ2n) is 3.53. The Morgan fingerprint density at radius 2 is 1.59 bits per heavy atom. The first-order valence-electron chi connectivity index (χ1n) is 4.83. The largest absolute Gasteiger partial charge is 0.430 e. The molecule has 0 bridgehead atoms. The van der Waals surface area contributed by atoms with Crippen molar-refractivity contribution in [3.63, 3.8) is 0 Å². The van der Waals surface area contributed by atoms with Crippen LogP contribution in [0.1, 0.15) is 20.8 Å². The van der Waals surface area contributed by atoms with Gasteiger partial charge in [-0.1, -0.05) is 13.2 Å². The molecule has 0 aromatic carbocycles. The van der Waals surface area contributed by atoms with E-state index in [1.54, 1.807) is 0 Å². The molecule has 0 aliphatic rings. The average molecular weight is 244 g/mol. The van der Waals surface area contributed by atoms with E-state index in [-0.39, 0.29) is 11.1 Å². The van der Waals surface area contributed by atoms with Crippen LogP contribution in [0.5, 0.6) is 0 Å². The van der Waals surface area contributed by atoms with Crippen molar-refractivity contribution in [3.8, 4) is 0 Å². The van der Waals surface area contributed by atoms with Gasteiger partial charge >= 0.3 is 11.9 Å². The maximum absolute atomic E-state index is 11.0. The van der Waals surface area contributed by atoms with E-state index in [4.69, 9.17) is 0 Å². The molecule has 0 saturated heterocycles. The zero-order valence-electron chi connectivity index (χ0n) is 10.1. The van der Waals surface area contributed by atoms with Crippen LogP contribution in [0.25, 0.3) is 0 Å². The SMILES string of the molecule is C=C(C)C(=O)OOC(C)C(O)OC(=O)C(=C)C. The van der Waals surface area contributed by atoms with Gasteiger partial charge in [-0.3, -0.25) is 4.89 Å². The van der Waals surface area contributed by atoms with Crippen molar-refractivity contribution in [2.45, 2.75) is 33.2 Å². The number of aliphatic hydroxyl groups is 1. The Bertz CT molecular complexity index is 333. The van der Waals surface area contributed by atoms with Gasteiger partial charge in [0.05, 0.1) is 0 Å². The Hall–Kier alpha value is -1.66. The molecule has 2 unspecified atom stereocenters. The summed E-state index contributed by atoms with van der Waals surface area (Å²) in [5, 5.41) is 9.37.